The molecule has 0 radical (unpaired) electrons. The summed E-state index contributed by atoms with van der Waals surface area (Å²) >= 11 is 2.66. The van der Waals surface area contributed by atoms with E-state index in [1.807, 2.05) is 0 Å². The zero-order valence-electron chi connectivity index (χ0n) is 13.1. The van der Waals surface area contributed by atoms with Crippen molar-refractivity contribution in [3.05, 3.63) is 0 Å². The highest BCUT2D eigenvalue weighted by molar-refractivity contribution is 8.01. The van der Waals surface area contributed by atoms with E-state index in [1.54, 1.807) is 6.92 Å². The Morgan fingerprint density at radius 2 is 1.92 bits per heavy atom. The van der Waals surface area contributed by atoms with Gasteiger partial charge in [0.15, 0.2) is 0 Å². The highest BCUT2D eigenvalue weighted by Crippen LogP contribution is 2.52. The molecule has 2 heterocycles. The minimum atomic E-state index is -1.13. The van der Waals surface area contributed by atoms with Crippen LogP contribution >= 0.6 is 23.5 Å². The largest absolute Gasteiger partial charge is 0.481 e. The molecule has 2 aliphatic rings. The van der Waals surface area contributed by atoms with E-state index >= 15 is 0 Å². The Morgan fingerprint density at radius 3 is 2.50 bits per heavy atom. The number of aliphatic carboxylic acids is 2. The van der Waals surface area contributed by atoms with Gasteiger partial charge in [-0.25, -0.2) is 4.79 Å². The van der Waals surface area contributed by atoms with Crippen molar-refractivity contribution < 1.29 is 29.4 Å². The normalized spacial score (nSPS) is 31.5. The highest BCUT2D eigenvalue weighted by Gasteiger charge is 2.64. The van der Waals surface area contributed by atoms with Crippen molar-refractivity contribution in [1.29, 1.82) is 0 Å². The van der Waals surface area contributed by atoms with Gasteiger partial charge in [0.2, 0.25) is 5.91 Å². The lowest BCUT2D eigenvalue weighted by Crippen LogP contribution is -2.68. The molecular formula is C14H20N2O6S2. The van der Waals surface area contributed by atoms with Crippen molar-refractivity contribution in [2.75, 3.05) is 11.5 Å². The van der Waals surface area contributed by atoms with E-state index in [0.717, 1.165) is 0 Å². The number of hydrogen-bond acceptors (Lipinski definition) is 7. The lowest BCUT2D eigenvalue weighted by Gasteiger charge is -2.41. The number of nitrogens with zero attached hydrogens (tertiary/aromatic N) is 1. The highest BCUT2D eigenvalue weighted by atomic mass is 32.2. The predicted molar refractivity (Wildman–Crippen MR) is 89.8 cm³/mol. The van der Waals surface area contributed by atoms with E-state index in [0.29, 0.717) is 11.5 Å². The Labute approximate surface area is 147 Å². The van der Waals surface area contributed by atoms with Crippen molar-refractivity contribution in [2.24, 2.45) is 5.73 Å². The number of ketones is 1. The van der Waals surface area contributed by atoms with Gasteiger partial charge >= 0.3 is 11.9 Å². The SMILES string of the molecule is CC1(CC(=O)CCSCCC(=O)O)S[C@@H]2[C@H](N)C(=O)N2[C@H]1C(=O)O. The number of amides is 1. The third kappa shape index (κ3) is 3.70. The van der Waals surface area contributed by atoms with Crippen LogP contribution < -0.4 is 5.73 Å². The molecule has 4 atom stereocenters. The first-order chi connectivity index (χ1) is 11.2. The molecule has 2 fully saturated rings. The summed E-state index contributed by atoms with van der Waals surface area (Å²) in [6, 6.07) is -1.76. The lowest BCUT2D eigenvalue weighted by molar-refractivity contribution is -0.159. The van der Waals surface area contributed by atoms with Crippen molar-refractivity contribution >= 4 is 47.2 Å². The Kier molecular flexibility index (Phi) is 5.82. The smallest absolute Gasteiger partial charge is 0.327 e. The first-order valence-electron chi connectivity index (χ1n) is 7.47. The van der Waals surface area contributed by atoms with Crippen LogP contribution in [0.3, 0.4) is 0 Å². The summed E-state index contributed by atoms with van der Waals surface area (Å²) in [6.45, 7) is 1.68. The maximum atomic E-state index is 12.2. The van der Waals surface area contributed by atoms with Crippen LogP contribution in [0.1, 0.15) is 26.2 Å². The fraction of sp³-hybridized carbons (Fsp3) is 0.714. The van der Waals surface area contributed by atoms with Crippen molar-refractivity contribution in [3.8, 4) is 0 Å². The molecular weight excluding hydrogens is 356 g/mol. The van der Waals surface area contributed by atoms with Gasteiger partial charge in [0.25, 0.3) is 0 Å². The van der Waals surface area contributed by atoms with Crippen LogP contribution in [0.2, 0.25) is 0 Å². The van der Waals surface area contributed by atoms with Gasteiger partial charge in [0.1, 0.15) is 23.2 Å². The van der Waals surface area contributed by atoms with Crippen LogP contribution in [0, 0.1) is 0 Å². The minimum absolute atomic E-state index is 0.0428. The molecule has 24 heavy (non-hydrogen) atoms. The maximum Gasteiger partial charge on any atom is 0.327 e. The standard InChI is InChI=1S/C14H20N2O6S2/c1-14(6-7(17)2-4-23-5-3-8(18)19)10(13(21)22)16-11(20)9(15)12(16)24-14/h9-10,12H,2-6,15H2,1H3,(H,18,19)(H,21,22)/t9-,10+,12-,14?/m1/s1. The fourth-order valence-corrected chi connectivity index (χ4v) is 5.63. The molecule has 10 heteroatoms. The Balaban J connectivity index is 1.90. The van der Waals surface area contributed by atoms with Crippen molar-refractivity contribution in [2.45, 2.75) is 48.4 Å². The van der Waals surface area contributed by atoms with Crippen LogP contribution in [0.15, 0.2) is 0 Å². The number of nitrogens with two attached hydrogens (primary N) is 1. The van der Waals surface area contributed by atoms with Gasteiger partial charge in [-0.2, -0.15) is 11.8 Å². The second-order valence-electron chi connectivity index (χ2n) is 6.05. The minimum Gasteiger partial charge on any atom is -0.481 e. The molecule has 1 unspecified atom stereocenters. The molecule has 0 bridgehead atoms. The molecule has 0 saturated carbocycles. The maximum absolute atomic E-state index is 12.2. The Morgan fingerprint density at radius 1 is 1.29 bits per heavy atom. The number of fused-ring (bicyclic) bond motifs is 1. The average Bonchev–Trinajstić information content (AvgIpc) is 2.76. The molecule has 0 aliphatic carbocycles. The molecule has 4 N–H and O–H groups in total. The van der Waals surface area contributed by atoms with Crippen LogP contribution in [0.25, 0.3) is 0 Å². The number of Topliss-reactive ketones (excluding diaryl/α,β-unsaturated/α-hetero) is 1. The third-order valence-corrected chi connectivity index (χ3v) is 6.79. The molecule has 2 saturated heterocycles. The molecule has 0 aromatic rings. The average molecular weight is 376 g/mol. The number of carbonyl (C=O) groups is 4. The molecule has 0 spiro atoms. The first-order valence-corrected chi connectivity index (χ1v) is 9.50. The molecule has 0 aromatic heterocycles. The molecule has 8 nitrogen and oxygen atoms in total. The number of rotatable bonds is 9. The van der Waals surface area contributed by atoms with Crippen molar-refractivity contribution in [3.63, 3.8) is 0 Å². The van der Waals surface area contributed by atoms with E-state index < -0.39 is 28.8 Å². The summed E-state index contributed by atoms with van der Waals surface area (Å²) in [6.07, 6.45) is 0.336. The number of β-lactam (4-membered cyclic amide) rings is 1. The molecule has 134 valence electrons. The third-order valence-electron chi connectivity index (χ3n) is 4.14. The van der Waals surface area contributed by atoms with Gasteiger partial charge in [-0.3, -0.25) is 14.4 Å². The Bertz CT molecular complexity index is 571. The fourth-order valence-electron chi connectivity index (χ4n) is 3.00. The lowest BCUT2D eigenvalue weighted by atomic mass is 9.90. The summed E-state index contributed by atoms with van der Waals surface area (Å²) in [4.78, 5) is 47.3. The summed E-state index contributed by atoms with van der Waals surface area (Å²) in [5.41, 5.74) is 5.72. The van der Waals surface area contributed by atoms with E-state index in [-0.39, 0.29) is 36.3 Å². The second kappa shape index (κ2) is 7.32. The summed E-state index contributed by atoms with van der Waals surface area (Å²) in [5, 5.41) is 17.6. The predicted octanol–water partition coefficient (Wildman–Crippen LogP) is -0.00210. The number of carbonyl (C=O) groups excluding carboxylic acids is 2. The van der Waals surface area contributed by atoms with Crippen molar-refractivity contribution in [1.82, 2.24) is 4.90 Å². The number of thioether (sulfide) groups is 2. The molecule has 2 rings (SSSR count). The summed E-state index contributed by atoms with van der Waals surface area (Å²) < 4.78 is -0.900. The second-order valence-corrected chi connectivity index (χ2v) is 8.93. The van der Waals surface area contributed by atoms with Gasteiger partial charge < -0.3 is 20.8 Å². The van der Waals surface area contributed by atoms with Gasteiger partial charge in [-0.15, -0.1) is 11.8 Å². The van der Waals surface area contributed by atoms with Gasteiger partial charge in [-0.05, 0) is 6.92 Å². The zero-order valence-corrected chi connectivity index (χ0v) is 14.8. The van der Waals surface area contributed by atoms with Gasteiger partial charge in [0.05, 0.1) is 11.2 Å². The van der Waals surface area contributed by atoms with E-state index in [1.165, 1.54) is 28.4 Å². The molecule has 1 amide bonds. The van der Waals surface area contributed by atoms with Gasteiger partial charge in [0, 0.05) is 24.3 Å². The van der Waals surface area contributed by atoms with Crippen LogP contribution in [-0.4, -0.2) is 72.5 Å². The first kappa shape index (κ1) is 19.1. The van der Waals surface area contributed by atoms with Gasteiger partial charge in [-0.1, -0.05) is 0 Å². The number of hydrogen-bond donors (Lipinski definition) is 3. The Hall–Kier alpha value is -1.26. The quantitative estimate of drug-likeness (QED) is 0.375. The topological polar surface area (TPSA) is 138 Å². The summed E-state index contributed by atoms with van der Waals surface area (Å²) in [5.74, 6) is -1.56. The van der Waals surface area contributed by atoms with Crippen LogP contribution in [0.5, 0.6) is 0 Å². The molecule has 0 aromatic carbocycles. The summed E-state index contributed by atoms with van der Waals surface area (Å²) in [7, 11) is 0. The number of carboxylic acid groups (broad SMARTS) is 2. The van der Waals surface area contributed by atoms with E-state index in [4.69, 9.17) is 10.8 Å². The van der Waals surface area contributed by atoms with Crippen LogP contribution in [0.4, 0.5) is 0 Å². The van der Waals surface area contributed by atoms with Crippen LogP contribution in [-0.2, 0) is 19.2 Å². The monoisotopic (exact) mass is 376 g/mol. The zero-order chi connectivity index (χ0) is 18.1. The van der Waals surface area contributed by atoms with E-state index in [2.05, 4.69) is 0 Å². The van der Waals surface area contributed by atoms with E-state index in [9.17, 15) is 24.3 Å². The number of carboxylic acids is 2. The molecule has 2 aliphatic heterocycles.